The van der Waals surface area contributed by atoms with E-state index < -0.39 is 0 Å². The molecule has 0 aliphatic rings. The molecule has 2 heterocycles. The van der Waals surface area contributed by atoms with E-state index in [0.717, 1.165) is 23.4 Å². The lowest BCUT2D eigenvalue weighted by molar-refractivity contribution is 0.508. The summed E-state index contributed by atoms with van der Waals surface area (Å²) in [5.41, 5.74) is 8.01. The summed E-state index contributed by atoms with van der Waals surface area (Å²) in [4.78, 5) is 0. The van der Waals surface area contributed by atoms with Crippen molar-refractivity contribution in [1.29, 1.82) is 0 Å². The number of hydrogen-bond acceptors (Lipinski definition) is 4. The predicted octanol–water partition coefficient (Wildman–Crippen LogP) is 2.35. The van der Waals surface area contributed by atoms with Crippen molar-refractivity contribution in [3.63, 3.8) is 0 Å². The van der Waals surface area contributed by atoms with E-state index in [1.807, 2.05) is 17.5 Å². The molecule has 1 atom stereocenters. The first kappa shape index (κ1) is 9.43. The first-order chi connectivity index (χ1) is 6.83. The minimum atomic E-state index is -0.157. The summed E-state index contributed by atoms with van der Waals surface area (Å²) in [5.74, 6) is 0.950. The van der Waals surface area contributed by atoms with Crippen molar-refractivity contribution in [2.45, 2.75) is 19.4 Å². The summed E-state index contributed by atoms with van der Waals surface area (Å²) in [6.45, 7) is 2.05. The Balaban J connectivity index is 2.31. The zero-order valence-electron chi connectivity index (χ0n) is 7.93. The van der Waals surface area contributed by atoms with Crippen LogP contribution in [-0.2, 0) is 6.42 Å². The standard InChI is InChI=1S/C10H12N2OS/c1-2-9-7(3-5-13-9)10(11)8-4-6-14-12-8/h3-6,10H,2,11H2,1H3. The number of aryl methyl sites for hydroxylation is 1. The van der Waals surface area contributed by atoms with E-state index in [1.54, 1.807) is 6.26 Å². The third-order valence-electron chi connectivity index (χ3n) is 2.21. The first-order valence-corrected chi connectivity index (χ1v) is 5.38. The molecule has 1 unspecified atom stereocenters. The quantitative estimate of drug-likeness (QED) is 0.842. The fraction of sp³-hybridized carbons (Fsp3) is 0.300. The third-order valence-corrected chi connectivity index (χ3v) is 2.79. The van der Waals surface area contributed by atoms with Crippen LogP contribution in [0.25, 0.3) is 0 Å². The molecule has 14 heavy (non-hydrogen) atoms. The van der Waals surface area contributed by atoms with Crippen LogP contribution in [0.15, 0.2) is 28.2 Å². The lowest BCUT2D eigenvalue weighted by atomic mass is 10.0. The third kappa shape index (κ3) is 1.58. The minimum absolute atomic E-state index is 0.157. The predicted molar refractivity (Wildman–Crippen MR) is 56.2 cm³/mol. The highest BCUT2D eigenvalue weighted by molar-refractivity contribution is 7.03. The molecule has 3 nitrogen and oxygen atoms in total. The summed E-state index contributed by atoms with van der Waals surface area (Å²) in [7, 11) is 0. The van der Waals surface area contributed by atoms with Crippen LogP contribution in [-0.4, -0.2) is 4.37 Å². The molecule has 0 radical (unpaired) electrons. The molecule has 0 saturated heterocycles. The molecule has 2 rings (SSSR count). The van der Waals surface area contributed by atoms with Gasteiger partial charge in [-0.1, -0.05) is 6.92 Å². The molecule has 2 aromatic heterocycles. The van der Waals surface area contributed by atoms with Gasteiger partial charge < -0.3 is 10.2 Å². The molecule has 0 saturated carbocycles. The SMILES string of the molecule is CCc1occc1C(N)c1ccsn1. The van der Waals surface area contributed by atoms with Crippen LogP contribution in [0.4, 0.5) is 0 Å². The van der Waals surface area contributed by atoms with Crippen molar-refractivity contribution in [3.05, 3.63) is 40.8 Å². The Bertz CT molecular complexity index is 394. The van der Waals surface area contributed by atoms with Gasteiger partial charge in [0.05, 0.1) is 18.0 Å². The maximum absolute atomic E-state index is 6.07. The van der Waals surface area contributed by atoms with Crippen LogP contribution >= 0.6 is 11.5 Å². The largest absolute Gasteiger partial charge is 0.469 e. The highest BCUT2D eigenvalue weighted by atomic mass is 32.1. The van der Waals surface area contributed by atoms with E-state index in [4.69, 9.17) is 10.2 Å². The van der Waals surface area contributed by atoms with Gasteiger partial charge in [0, 0.05) is 17.4 Å². The van der Waals surface area contributed by atoms with Crippen molar-refractivity contribution in [2.24, 2.45) is 5.73 Å². The summed E-state index contributed by atoms with van der Waals surface area (Å²) >= 11 is 1.42. The van der Waals surface area contributed by atoms with Crippen molar-refractivity contribution in [1.82, 2.24) is 4.37 Å². The second-order valence-corrected chi connectivity index (χ2v) is 3.72. The van der Waals surface area contributed by atoms with Gasteiger partial charge in [0.2, 0.25) is 0 Å². The van der Waals surface area contributed by atoms with E-state index in [-0.39, 0.29) is 6.04 Å². The number of nitrogens with two attached hydrogens (primary N) is 1. The van der Waals surface area contributed by atoms with E-state index in [9.17, 15) is 0 Å². The molecule has 2 N–H and O–H groups in total. The molecule has 0 spiro atoms. The van der Waals surface area contributed by atoms with E-state index in [0.29, 0.717) is 0 Å². The molecule has 0 amide bonds. The monoisotopic (exact) mass is 208 g/mol. The van der Waals surface area contributed by atoms with Crippen LogP contribution in [0.5, 0.6) is 0 Å². The summed E-state index contributed by atoms with van der Waals surface area (Å²) < 4.78 is 9.55. The molecular weight excluding hydrogens is 196 g/mol. The molecule has 0 aliphatic heterocycles. The molecule has 0 bridgehead atoms. The Morgan fingerprint density at radius 2 is 2.43 bits per heavy atom. The molecule has 74 valence electrons. The Labute approximate surface area is 86.7 Å². The van der Waals surface area contributed by atoms with Gasteiger partial charge in [-0.25, -0.2) is 0 Å². The van der Waals surface area contributed by atoms with Crippen LogP contribution < -0.4 is 5.73 Å². The smallest absolute Gasteiger partial charge is 0.108 e. The van der Waals surface area contributed by atoms with Gasteiger partial charge in [-0.05, 0) is 23.7 Å². The second-order valence-electron chi connectivity index (χ2n) is 3.05. The summed E-state index contributed by atoms with van der Waals surface area (Å²) in [6.07, 6.45) is 2.54. The van der Waals surface area contributed by atoms with Gasteiger partial charge >= 0.3 is 0 Å². The van der Waals surface area contributed by atoms with E-state index >= 15 is 0 Å². The maximum atomic E-state index is 6.07. The highest BCUT2D eigenvalue weighted by Crippen LogP contribution is 2.23. The highest BCUT2D eigenvalue weighted by Gasteiger charge is 2.16. The van der Waals surface area contributed by atoms with Crippen LogP contribution in [0.3, 0.4) is 0 Å². The molecule has 0 aromatic carbocycles. The van der Waals surface area contributed by atoms with Gasteiger partial charge in [0.1, 0.15) is 5.76 Å². The normalized spacial score (nSPS) is 13.0. The Hall–Kier alpha value is -1.13. The average molecular weight is 208 g/mol. The lowest BCUT2D eigenvalue weighted by Crippen LogP contribution is -2.12. The maximum Gasteiger partial charge on any atom is 0.108 e. The number of hydrogen-bond donors (Lipinski definition) is 1. The lowest BCUT2D eigenvalue weighted by Gasteiger charge is -2.07. The fourth-order valence-corrected chi connectivity index (χ4v) is 2.01. The second kappa shape index (κ2) is 3.94. The Morgan fingerprint density at radius 3 is 3.07 bits per heavy atom. The average Bonchev–Trinajstić information content (AvgIpc) is 2.87. The Morgan fingerprint density at radius 1 is 1.57 bits per heavy atom. The Kier molecular flexibility index (Phi) is 2.65. The molecular formula is C10H12N2OS. The van der Waals surface area contributed by atoms with Crippen LogP contribution in [0, 0.1) is 0 Å². The first-order valence-electron chi connectivity index (χ1n) is 4.55. The number of furan rings is 1. The summed E-state index contributed by atoms with van der Waals surface area (Å²) in [5, 5.41) is 1.93. The number of aromatic nitrogens is 1. The number of rotatable bonds is 3. The van der Waals surface area contributed by atoms with E-state index in [1.165, 1.54) is 11.5 Å². The van der Waals surface area contributed by atoms with Crippen LogP contribution in [0.2, 0.25) is 0 Å². The molecule has 0 aliphatic carbocycles. The molecule has 2 aromatic rings. The van der Waals surface area contributed by atoms with Crippen LogP contribution in [0.1, 0.15) is 30.0 Å². The van der Waals surface area contributed by atoms with Crippen molar-refractivity contribution >= 4 is 11.5 Å². The van der Waals surface area contributed by atoms with Gasteiger partial charge in [0.15, 0.2) is 0 Å². The topological polar surface area (TPSA) is 52.0 Å². The van der Waals surface area contributed by atoms with Gasteiger partial charge in [-0.15, -0.1) is 0 Å². The zero-order valence-corrected chi connectivity index (χ0v) is 8.75. The van der Waals surface area contributed by atoms with Crippen molar-refractivity contribution in [3.8, 4) is 0 Å². The van der Waals surface area contributed by atoms with E-state index in [2.05, 4.69) is 11.3 Å². The van der Waals surface area contributed by atoms with Gasteiger partial charge in [0.25, 0.3) is 0 Å². The number of nitrogens with zero attached hydrogens (tertiary/aromatic N) is 1. The molecule has 4 heteroatoms. The van der Waals surface area contributed by atoms with Crippen molar-refractivity contribution in [2.75, 3.05) is 0 Å². The van der Waals surface area contributed by atoms with Gasteiger partial charge in [-0.2, -0.15) is 4.37 Å². The molecule has 0 fully saturated rings. The van der Waals surface area contributed by atoms with Gasteiger partial charge in [-0.3, -0.25) is 0 Å². The summed E-state index contributed by atoms with van der Waals surface area (Å²) in [6, 6.07) is 3.71. The fourth-order valence-electron chi connectivity index (χ4n) is 1.46. The zero-order chi connectivity index (χ0) is 9.97. The minimum Gasteiger partial charge on any atom is -0.469 e. The van der Waals surface area contributed by atoms with Crippen molar-refractivity contribution < 1.29 is 4.42 Å².